The minimum absolute atomic E-state index is 0.0639. The predicted molar refractivity (Wildman–Crippen MR) is 50.5 cm³/mol. The maximum Gasteiger partial charge on any atom is 0.339 e. The predicted octanol–water partition coefficient (Wildman–Crippen LogP) is 2.38. The van der Waals surface area contributed by atoms with E-state index in [0.29, 0.717) is 4.47 Å². The number of halogens is 2. The highest BCUT2D eigenvalue weighted by molar-refractivity contribution is 9.10. The van der Waals surface area contributed by atoms with Crippen LogP contribution in [0.15, 0.2) is 16.6 Å². The van der Waals surface area contributed by atoms with Gasteiger partial charge in [-0.25, -0.2) is 4.79 Å². The van der Waals surface area contributed by atoms with Gasteiger partial charge in [-0.2, -0.15) is 0 Å². The van der Waals surface area contributed by atoms with Crippen LogP contribution >= 0.6 is 27.5 Å². The van der Waals surface area contributed by atoms with Crippen molar-refractivity contribution in [1.82, 2.24) is 0 Å². The summed E-state index contributed by atoms with van der Waals surface area (Å²) in [6, 6.07) is 3.08. The molecule has 0 aliphatic rings. The van der Waals surface area contributed by atoms with Gasteiger partial charge in [-0.15, -0.1) is 0 Å². The molecule has 0 aliphatic heterocycles. The first-order valence-electron chi connectivity index (χ1n) is 3.01. The molecule has 3 nitrogen and oxygen atoms in total. The largest absolute Gasteiger partial charge is 0.478 e. The number of aromatic carboxylic acids is 1. The van der Waals surface area contributed by atoms with Crippen molar-refractivity contribution in [2.24, 2.45) is 0 Å². The van der Waals surface area contributed by atoms with E-state index in [9.17, 15) is 4.79 Å². The van der Waals surface area contributed by atoms with E-state index in [1.54, 1.807) is 6.07 Å². The number of rotatable bonds is 1. The Bertz CT molecular complexity index is 340. The molecule has 0 saturated carbocycles. The summed E-state index contributed by atoms with van der Waals surface area (Å²) in [5.41, 5.74) is 5.56. The molecule has 0 aromatic heterocycles. The van der Waals surface area contributed by atoms with Crippen molar-refractivity contribution in [2.45, 2.75) is 0 Å². The topological polar surface area (TPSA) is 63.3 Å². The molecule has 0 radical (unpaired) electrons. The molecule has 0 saturated heterocycles. The molecule has 0 aliphatic carbocycles. The van der Waals surface area contributed by atoms with E-state index in [0.717, 1.165) is 0 Å². The molecule has 0 spiro atoms. The standard InChI is InChI=1S/C7H5BrClNO2/c8-3-1-2-4(9)5(6(3)10)7(11)12/h1-2H,10H2,(H,11,12). The van der Waals surface area contributed by atoms with Gasteiger partial charge in [0.05, 0.1) is 10.7 Å². The third-order valence-electron chi connectivity index (χ3n) is 1.36. The Balaban J connectivity index is 3.43. The monoisotopic (exact) mass is 249 g/mol. The molecule has 0 heterocycles. The lowest BCUT2D eigenvalue weighted by Crippen LogP contribution is -2.03. The van der Waals surface area contributed by atoms with Gasteiger partial charge in [0.2, 0.25) is 0 Å². The summed E-state index contributed by atoms with van der Waals surface area (Å²) < 4.78 is 0.532. The molecule has 0 fully saturated rings. The normalized spacial score (nSPS) is 9.83. The van der Waals surface area contributed by atoms with Gasteiger partial charge in [0.25, 0.3) is 0 Å². The van der Waals surface area contributed by atoms with Crippen molar-refractivity contribution < 1.29 is 9.90 Å². The van der Waals surface area contributed by atoms with E-state index in [1.165, 1.54) is 6.07 Å². The highest BCUT2D eigenvalue weighted by Gasteiger charge is 2.14. The first-order valence-corrected chi connectivity index (χ1v) is 4.18. The highest BCUT2D eigenvalue weighted by Crippen LogP contribution is 2.29. The van der Waals surface area contributed by atoms with Crippen LogP contribution in [0.5, 0.6) is 0 Å². The van der Waals surface area contributed by atoms with Crippen molar-refractivity contribution >= 4 is 39.2 Å². The van der Waals surface area contributed by atoms with Gasteiger partial charge in [-0.1, -0.05) is 11.6 Å². The quantitative estimate of drug-likeness (QED) is 0.752. The number of benzene rings is 1. The Morgan fingerprint density at radius 3 is 2.58 bits per heavy atom. The minimum atomic E-state index is -1.13. The van der Waals surface area contributed by atoms with Crippen LogP contribution in [0.4, 0.5) is 5.69 Å². The molecule has 1 rings (SSSR count). The summed E-state index contributed by atoms with van der Waals surface area (Å²) in [5.74, 6) is -1.13. The first-order chi connectivity index (χ1) is 5.54. The molecule has 5 heteroatoms. The van der Waals surface area contributed by atoms with Crippen LogP contribution in [0.1, 0.15) is 10.4 Å². The van der Waals surface area contributed by atoms with Gasteiger partial charge in [-0.05, 0) is 28.1 Å². The number of nitrogen functional groups attached to an aromatic ring is 1. The second-order valence-electron chi connectivity index (χ2n) is 2.12. The van der Waals surface area contributed by atoms with Crippen LogP contribution in [0, 0.1) is 0 Å². The summed E-state index contributed by atoms with van der Waals surface area (Å²) in [6.45, 7) is 0. The van der Waals surface area contributed by atoms with E-state index >= 15 is 0 Å². The van der Waals surface area contributed by atoms with Crippen molar-refractivity contribution in [3.8, 4) is 0 Å². The Morgan fingerprint density at radius 1 is 1.58 bits per heavy atom. The molecule has 0 amide bonds. The van der Waals surface area contributed by atoms with Crippen molar-refractivity contribution in [2.75, 3.05) is 5.73 Å². The molecular weight excluding hydrogens is 245 g/mol. The molecular formula is C7H5BrClNO2. The summed E-state index contributed by atoms with van der Waals surface area (Å²) in [5, 5.41) is 8.83. The van der Waals surface area contributed by atoms with Gasteiger partial charge in [0, 0.05) is 4.47 Å². The SMILES string of the molecule is Nc1c(Br)ccc(Cl)c1C(=O)O. The molecule has 3 N–H and O–H groups in total. The maximum atomic E-state index is 10.6. The molecule has 1 aromatic carbocycles. The van der Waals surface area contributed by atoms with Gasteiger partial charge < -0.3 is 10.8 Å². The van der Waals surface area contributed by atoms with Gasteiger partial charge in [0.1, 0.15) is 5.56 Å². The molecule has 0 bridgehead atoms. The number of carbonyl (C=O) groups is 1. The molecule has 12 heavy (non-hydrogen) atoms. The van der Waals surface area contributed by atoms with Gasteiger partial charge in [-0.3, -0.25) is 0 Å². The van der Waals surface area contributed by atoms with E-state index in [4.69, 9.17) is 22.4 Å². The van der Waals surface area contributed by atoms with Crippen LogP contribution in [0.2, 0.25) is 5.02 Å². The van der Waals surface area contributed by atoms with Gasteiger partial charge in [0.15, 0.2) is 0 Å². The number of nitrogens with two attached hydrogens (primary N) is 1. The third-order valence-corrected chi connectivity index (χ3v) is 2.36. The molecule has 64 valence electrons. The van der Waals surface area contributed by atoms with Crippen LogP contribution in [-0.4, -0.2) is 11.1 Å². The number of carboxylic acids is 1. The summed E-state index contributed by atoms with van der Waals surface area (Å²) >= 11 is 8.72. The van der Waals surface area contributed by atoms with Crippen LogP contribution in [0.3, 0.4) is 0 Å². The summed E-state index contributed by atoms with van der Waals surface area (Å²) in [6.07, 6.45) is 0. The second kappa shape index (κ2) is 3.33. The maximum absolute atomic E-state index is 10.6. The van der Waals surface area contributed by atoms with Crippen molar-refractivity contribution in [3.63, 3.8) is 0 Å². The lowest BCUT2D eigenvalue weighted by atomic mass is 10.2. The molecule has 0 atom stereocenters. The smallest absolute Gasteiger partial charge is 0.339 e. The number of carboxylic acid groups (broad SMARTS) is 1. The lowest BCUT2D eigenvalue weighted by molar-refractivity contribution is 0.0698. The van der Waals surface area contributed by atoms with Gasteiger partial charge >= 0.3 is 5.97 Å². The van der Waals surface area contributed by atoms with E-state index in [1.807, 2.05) is 0 Å². The zero-order valence-electron chi connectivity index (χ0n) is 5.84. The fourth-order valence-corrected chi connectivity index (χ4v) is 1.36. The summed E-state index contributed by atoms with van der Waals surface area (Å²) in [7, 11) is 0. The zero-order chi connectivity index (χ0) is 9.30. The Kier molecular flexibility index (Phi) is 2.59. The Labute approximate surface area is 82.3 Å². The van der Waals surface area contributed by atoms with Crippen molar-refractivity contribution in [1.29, 1.82) is 0 Å². The first kappa shape index (κ1) is 9.35. The van der Waals surface area contributed by atoms with E-state index in [-0.39, 0.29) is 16.3 Å². The van der Waals surface area contributed by atoms with Crippen LogP contribution in [0.25, 0.3) is 0 Å². The van der Waals surface area contributed by atoms with E-state index < -0.39 is 5.97 Å². The molecule has 0 unspecified atom stereocenters. The fraction of sp³-hybridized carbons (Fsp3) is 0. The van der Waals surface area contributed by atoms with Crippen LogP contribution in [-0.2, 0) is 0 Å². The average molecular weight is 250 g/mol. The zero-order valence-corrected chi connectivity index (χ0v) is 8.19. The van der Waals surface area contributed by atoms with Crippen molar-refractivity contribution in [3.05, 3.63) is 27.2 Å². The highest BCUT2D eigenvalue weighted by atomic mass is 79.9. The summed E-state index contributed by atoms with van der Waals surface area (Å²) in [4.78, 5) is 10.6. The number of anilines is 1. The minimum Gasteiger partial charge on any atom is -0.478 e. The fourth-order valence-electron chi connectivity index (χ4n) is 0.785. The second-order valence-corrected chi connectivity index (χ2v) is 3.38. The number of hydrogen-bond donors (Lipinski definition) is 2. The third kappa shape index (κ3) is 1.54. The average Bonchev–Trinajstić information content (AvgIpc) is 1.97. The Morgan fingerprint density at radius 2 is 2.17 bits per heavy atom. The van der Waals surface area contributed by atoms with Crippen LogP contribution < -0.4 is 5.73 Å². The number of hydrogen-bond acceptors (Lipinski definition) is 2. The molecule has 1 aromatic rings. The lowest BCUT2D eigenvalue weighted by Gasteiger charge is -2.04. The van der Waals surface area contributed by atoms with E-state index in [2.05, 4.69) is 15.9 Å². The Hall–Kier alpha value is -0.740.